The minimum Gasteiger partial charge on any atom is -0.496 e. The molecule has 0 aliphatic rings. The Bertz CT molecular complexity index is 1340. The molecule has 1 atom stereocenters. The van der Waals surface area contributed by atoms with Gasteiger partial charge in [-0.25, -0.2) is 4.68 Å². The maximum Gasteiger partial charge on any atom is 0.247 e. The van der Waals surface area contributed by atoms with E-state index >= 15 is 0 Å². The molecule has 9 nitrogen and oxygen atoms in total. The normalized spacial score (nSPS) is 11.9. The third kappa shape index (κ3) is 6.30. The number of methoxy groups -OCH3 is 1. The molecule has 2 aromatic heterocycles. The number of aromatic nitrogens is 4. The van der Waals surface area contributed by atoms with Crippen LogP contribution in [0.4, 0.5) is 0 Å². The van der Waals surface area contributed by atoms with Crippen molar-refractivity contribution in [3.63, 3.8) is 0 Å². The van der Waals surface area contributed by atoms with Gasteiger partial charge in [-0.05, 0) is 48.2 Å². The van der Waals surface area contributed by atoms with Gasteiger partial charge in [0, 0.05) is 24.5 Å². The summed E-state index contributed by atoms with van der Waals surface area (Å²) in [7, 11) is 1.59. The fraction of sp³-hybridized carbons (Fsp3) is 0.321. The topological polar surface area (TPSA) is 102 Å². The second-order valence-electron chi connectivity index (χ2n) is 9.23. The monoisotopic (exact) mass is 500 g/mol. The first-order chi connectivity index (χ1) is 18.0. The van der Waals surface area contributed by atoms with Gasteiger partial charge >= 0.3 is 0 Å². The molecule has 9 heteroatoms. The van der Waals surface area contributed by atoms with Gasteiger partial charge in [-0.2, -0.15) is 0 Å². The SMILES string of the molecule is COc1ccccc1CN(C(=O)Cn1nnc2ccccc21)C(C(=O)NCCC(C)C)c1ccncc1. The van der Waals surface area contributed by atoms with Gasteiger partial charge in [0.15, 0.2) is 0 Å². The van der Waals surface area contributed by atoms with E-state index in [1.54, 1.807) is 41.2 Å². The molecule has 0 saturated carbocycles. The van der Waals surface area contributed by atoms with Crippen LogP contribution in [0.3, 0.4) is 0 Å². The van der Waals surface area contributed by atoms with E-state index in [-0.39, 0.29) is 24.9 Å². The second-order valence-corrected chi connectivity index (χ2v) is 9.23. The van der Waals surface area contributed by atoms with Crippen LogP contribution in [0, 0.1) is 5.92 Å². The molecule has 0 bridgehead atoms. The van der Waals surface area contributed by atoms with Crippen LogP contribution in [0.1, 0.15) is 37.4 Å². The summed E-state index contributed by atoms with van der Waals surface area (Å²) in [5.74, 6) is 0.549. The number of hydrogen-bond acceptors (Lipinski definition) is 6. The maximum atomic E-state index is 14.0. The smallest absolute Gasteiger partial charge is 0.247 e. The van der Waals surface area contributed by atoms with Gasteiger partial charge in [0.2, 0.25) is 11.8 Å². The van der Waals surface area contributed by atoms with Crippen molar-refractivity contribution >= 4 is 22.8 Å². The van der Waals surface area contributed by atoms with Crippen molar-refractivity contribution in [1.82, 2.24) is 30.2 Å². The molecule has 0 saturated heterocycles. The van der Waals surface area contributed by atoms with E-state index in [2.05, 4.69) is 34.5 Å². The van der Waals surface area contributed by atoms with Crippen molar-refractivity contribution in [3.8, 4) is 5.75 Å². The van der Waals surface area contributed by atoms with Crippen LogP contribution in [0.5, 0.6) is 5.75 Å². The van der Waals surface area contributed by atoms with E-state index in [4.69, 9.17) is 4.74 Å². The van der Waals surface area contributed by atoms with Crippen LogP contribution >= 0.6 is 0 Å². The largest absolute Gasteiger partial charge is 0.496 e. The van der Waals surface area contributed by atoms with Gasteiger partial charge < -0.3 is 15.0 Å². The Labute approximate surface area is 216 Å². The number of rotatable bonds is 11. The molecular weight excluding hydrogens is 468 g/mol. The number of hydrogen-bond donors (Lipinski definition) is 1. The molecule has 37 heavy (non-hydrogen) atoms. The van der Waals surface area contributed by atoms with Crippen molar-refractivity contribution in [2.24, 2.45) is 5.92 Å². The molecule has 2 amide bonds. The first kappa shape index (κ1) is 25.8. The number of benzene rings is 2. The van der Waals surface area contributed by atoms with E-state index in [0.717, 1.165) is 17.5 Å². The van der Waals surface area contributed by atoms with Crippen LogP contribution in [0.15, 0.2) is 73.1 Å². The summed E-state index contributed by atoms with van der Waals surface area (Å²) in [6.07, 6.45) is 4.08. The van der Waals surface area contributed by atoms with Crippen molar-refractivity contribution in [3.05, 3.63) is 84.2 Å². The lowest BCUT2D eigenvalue weighted by molar-refractivity contribution is -0.142. The number of nitrogens with zero attached hydrogens (tertiary/aromatic N) is 5. The van der Waals surface area contributed by atoms with E-state index in [1.165, 1.54) is 0 Å². The average molecular weight is 501 g/mol. The van der Waals surface area contributed by atoms with Crippen LogP contribution in [-0.2, 0) is 22.7 Å². The minimum absolute atomic E-state index is 0.0729. The van der Waals surface area contributed by atoms with E-state index in [0.29, 0.717) is 29.3 Å². The van der Waals surface area contributed by atoms with Crippen LogP contribution in [-0.4, -0.2) is 50.3 Å². The summed E-state index contributed by atoms with van der Waals surface area (Å²) in [4.78, 5) is 33.3. The highest BCUT2D eigenvalue weighted by Crippen LogP contribution is 2.27. The molecule has 0 radical (unpaired) electrons. The standard InChI is InChI=1S/C28H32N6O3/c1-20(2)12-17-30-28(36)27(21-13-15-29-16-14-21)33(18-22-8-4-7-11-25(22)37-3)26(35)19-34-24-10-6-5-9-23(24)31-32-34/h4-11,13-16,20,27H,12,17-19H2,1-3H3,(H,30,36). The highest BCUT2D eigenvalue weighted by molar-refractivity contribution is 5.89. The molecule has 0 aliphatic heterocycles. The van der Waals surface area contributed by atoms with Gasteiger partial charge in [-0.3, -0.25) is 14.6 Å². The van der Waals surface area contributed by atoms with Crippen LogP contribution < -0.4 is 10.1 Å². The summed E-state index contributed by atoms with van der Waals surface area (Å²) < 4.78 is 7.11. The Morgan fingerprint density at radius 1 is 1.03 bits per heavy atom. The van der Waals surface area contributed by atoms with Gasteiger partial charge in [-0.15, -0.1) is 5.10 Å². The quantitative estimate of drug-likeness (QED) is 0.336. The molecule has 4 rings (SSSR count). The summed E-state index contributed by atoms with van der Waals surface area (Å²) in [6, 6.07) is 17.6. The number of nitrogens with one attached hydrogen (secondary N) is 1. The number of para-hydroxylation sites is 2. The van der Waals surface area contributed by atoms with Gasteiger partial charge in [0.1, 0.15) is 23.9 Å². The number of ether oxygens (including phenoxy) is 1. The average Bonchev–Trinajstić information content (AvgIpc) is 3.31. The molecule has 192 valence electrons. The number of amides is 2. The Balaban J connectivity index is 1.72. The first-order valence-electron chi connectivity index (χ1n) is 12.3. The van der Waals surface area contributed by atoms with Crippen molar-refractivity contribution < 1.29 is 14.3 Å². The lowest BCUT2D eigenvalue weighted by Crippen LogP contribution is -2.45. The summed E-state index contributed by atoms with van der Waals surface area (Å²) in [5.41, 5.74) is 2.90. The van der Waals surface area contributed by atoms with Crippen molar-refractivity contribution in [1.29, 1.82) is 0 Å². The minimum atomic E-state index is -0.873. The van der Waals surface area contributed by atoms with Gasteiger partial charge in [0.05, 0.1) is 19.2 Å². The Morgan fingerprint density at radius 2 is 1.76 bits per heavy atom. The molecular formula is C28H32N6O3. The molecule has 1 unspecified atom stereocenters. The molecule has 0 fully saturated rings. The summed E-state index contributed by atoms with van der Waals surface area (Å²) in [6.45, 7) is 4.82. The van der Waals surface area contributed by atoms with Crippen molar-refractivity contribution in [2.75, 3.05) is 13.7 Å². The highest BCUT2D eigenvalue weighted by atomic mass is 16.5. The fourth-order valence-corrected chi connectivity index (χ4v) is 4.19. The molecule has 0 spiro atoms. The van der Waals surface area contributed by atoms with Crippen LogP contribution in [0.25, 0.3) is 11.0 Å². The lowest BCUT2D eigenvalue weighted by atomic mass is 10.0. The third-order valence-corrected chi connectivity index (χ3v) is 6.16. The highest BCUT2D eigenvalue weighted by Gasteiger charge is 2.32. The zero-order valence-corrected chi connectivity index (χ0v) is 21.4. The van der Waals surface area contributed by atoms with Crippen molar-refractivity contribution in [2.45, 2.75) is 39.4 Å². The Hall–Kier alpha value is -4.27. The molecule has 4 aromatic rings. The Morgan fingerprint density at radius 3 is 2.51 bits per heavy atom. The number of fused-ring (bicyclic) bond motifs is 1. The second kappa shape index (κ2) is 12.1. The van der Waals surface area contributed by atoms with Gasteiger partial charge in [-0.1, -0.05) is 49.4 Å². The summed E-state index contributed by atoms with van der Waals surface area (Å²) in [5, 5.41) is 11.4. The first-order valence-corrected chi connectivity index (χ1v) is 12.3. The summed E-state index contributed by atoms with van der Waals surface area (Å²) >= 11 is 0. The van der Waals surface area contributed by atoms with Gasteiger partial charge in [0.25, 0.3) is 0 Å². The number of carbonyl (C=O) groups is 2. The predicted octanol–water partition coefficient (Wildman–Crippen LogP) is 3.77. The van der Waals surface area contributed by atoms with Crippen LogP contribution in [0.2, 0.25) is 0 Å². The predicted molar refractivity (Wildman–Crippen MR) is 141 cm³/mol. The third-order valence-electron chi connectivity index (χ3n) is 6.16. The fourth-order valence-electron chi connectivity index (χ4n) is 4.19. The molecule has 1 N–H and O–H groups in total. The van der Waals surface area contributed by atoms with E-state index in [1.807, 2.05) is 48.5 Å². The lowest BCUT2D eigenvalue weighted by Gasteiger charge is -2.32. The van der Waals surface area contributed by atoms with E-state index < -0.39 is 6.04 Å². The zero-order valence-electron chi connectivity index (χ0n) is 21.4. The number of carbonyl (C=O) groups excluding carboxylic acids is 2. The number of pyridine rings is 1. The van der Waals surface area contributed by atoms with E-state index in [9.17, 15) is 9.59 Å². The zero-order chi connectivity index (χ0) is 26.2. The maximum absolute atomic E-state index is 14.0. The molecule has 2 aromatic carbocycles. The Kier molecular flexibility index (Phi) is 8.45. The molecule has 2 heterocycles. The molecule has 0 aliphatic carbocycles.